The number of ether oxygens (including phenoxy) is 1. The Bertz CT molecular complexity index is 791. The summed E-state index contributed by atoms with van der Waals surface area (Å²) >= 11 is 5.89. The summed E-state index contributed by atoms with van der Waals surface area (Å²) in [6.07, 6.45) is 2.04. The van der Waals surface area contributed by atoms with Crippen LogP contribution in [0.3, 0.4) is 0 Å². The molecule has 2 aromatic carbocycles. The van der Waals surface area contributed by atoms with Crippen LogP contribution in [0.1, 0.15) is 12.8 Å². The molecule has 26 heavy (non-hydrogen) atoms. The third kappa shape index (κ3) is 4.89. The number of halogens is 1. The molecule has 1 fully saturated rings. The van der Waals surface area contributed by atoms with Crippen molar-refractivity contribution in [3.63, 3.8) is 0 Å². The number of hydrogen-bond acceptors (Lipinski definition) is 3. The Morgan fingerprint density at radius 2 is 1.69 bits per heavy atom. The molecule has 0 aliphatic carbocycles. The number of urea groups is 1. The molecule has 1 saturated heterocycles. The van der Waals surface area contributed by atoms with Crippen molar-refractivity contribution in [3.05, 3.63) is 53.6 Å². The van der Waals surface area contributed by atoms with E-state index in [1.165, 1.54) is 0 Å². The van der Waals surface area contributed by atoms with E-state index in [1.54, 1.807) is 53.4 Å². The van der Waals surface area contributed by atoms with Gasteiger partial charge in [-0.1, -0.05) is 29.8 Å². The SMILES string of the molecule is O=C(COc1cccc(Cl)c1)Nc1ccccc1NC(=O)N1CCCC1. The molecular formula is C19H20ClN3O3. The summed E-state index contributed by atoms with van der Waals surface area (Å²) in [4.78, 5) is 26.2. The third-order valence-electron chi connectivity index (χ3n) is 4.00. The first-order valence-electron chi connectivity index (χ1n) is 8.45. The van der Waals surface area contributed by atoms with E-state index >= 15 is 0 Å². The topological polar surface area (TPSA) is 70.7 Å². The van der Waals surface area contributed by atoms with E-state index in [9.17, 15) is 9.59 Å². The molecule has 2 aromatic rings. The maximum absolute atomic E-state index is 12.3. The standard InChI is InChI=1S/C19H20ClN3O3/c20-14-6-5-7-15(12-14)26-13-18(24)21-16-8-1-2-9-17(16)22-19(25)23-10-3-4-11-23/h1-2,5-9,12H,3-4,10-11,13H2,(H,21,24)(H,22,25). The highest BCUT2D eigenvalue weighted by Gasteiger charge is 2.19. The van der Waals surface area contributed by atoms with Crippen LogP contribution in [0.4, 0.5) is 16.2 Å². The second-order valence-electron chi connectivity index (χ2n) is 5.96. The number of para-hydroxylation sites is 2. The Labute approximate surface area is 157 Å². The van der Waals surface area contributed by atoms with Crippen molar-refractivity contribution >= 4 is 34.9 Å². The maximum Gasteiger partial charge on any atom is 0.321 e. The molecule has 1 aliphatic heterocycles. The number of anilines is 2. The number of benzene rings is 2. The molecule has 136 valence electrons. The van der Waals surface area contributed by atoms with E-state index in [0.29, 0.717) is 22.1 Å². The van der Waals surface area contributed by atoms with E-state index in [0.717, 1.165) is 25.9 Å². The molecule has 6 nitrogen and oxygen atoms in total. The smallest absolute Gasteiger partial charge is 0.321 e. The van der Waals surface area contributed by atoms with Gasteiger partial charge in [0.25, 0.3) is 5.91 Å². The largest absolute Gasteiger partial charge is 0.484 e. The zero-order valence-electron chi connectivity index (χ0n) is 14.2. The van der Waals surface area contributed by atoms with Gasteiger partial charge in [-0.3, -0.25) is 4.79 Å². The lowest BCUT2D eigenvalue weighted by molar-refractivity contribution is -0.118. The number of nitrogens with zero attached hydrogens (tertiary/aromatic N) is 1. The predicted octanol–water partition coefficient (Wildman–Crippen LogP) is 3.99. The lowest BCUT2D eigenvalue weighted by Crippen LogP contribution is -2.32. The number of carbonyl (C=O) groups excluding carboxylic acids is 2. The van der Waals surface area contributed by atoms with Crippen LogP contribution in [-0.2, 0) is 4.79 Å². The fourth-order valence-electron chi connectivity index (χ4n) is 2.71. The molecule has 0 radical (unpaired) electrons. The van der Waals surface area contributed by atoms with Gasteiger partial charge in [0.05, 0.1) is 11.4 Å². The molecule has 3 amide bonds. The van der Waals surface area contributed by atoms with E-state index in [-0.39, 0.29) is 18.5 Å². The Morgan fingerprint density at radius 1 is 1.00 bits per heavy atom. The van der Waals surface area contributed by atoms with Gasteiger partial charge in [0.15, 0.2) is 6.61 Å². The van der Waals surface area contributed by atoms with Crippen LogP contribution in [0.5, 0.6) is 5.75 Å². The predicted molar refractivity (Wildman–Crippen MR) is 102 cm³/mol. The summed E-state index contributed by atoms with van der Waals surface area (Å²) in [6, 6.07) is 13.8. The minimum atomic E-state index is -0.326. The Hall–Kier alpha value is -2.73. The van der Waals surface area contributed by atoms with Crippen molar-refractivity contribution in [3.8, 4) is 5.75 Å². The molecule has 0 aromatic heterocycles. The van der Waals surface area contributed by atoms with Crippen molar-refractivity contribution in [2.45, 2.75) is 12.8 Å². The molecule has 0 bridgehead atoms. The fourth-order valence-corrected chi connectivity index (χ4v) is 2.89. The lowest BCUT2D eigenvalue weighted by atomic mass is 10.2. The van der Waals surface area contributed by atoms with Gasteiger partial charge < -0.3 is 20.3 Å². The number of nitrogens with one attached hydrogen (secondary N) is 2. The molecule has 2 N–H and O–H groups in total. The second-order valence-corrected chi connectivity index (χ2v) is 6.40. The molecule has 0 saturated carbocycles. The summed E-state index contributed by atoms with van der Waals surface area (Å²) < 4.78 is 5.43. The normalized spacial score (nSPS) is 13.3. The number of hydrogen-bond donors (Lipinski definition) is 2. The number of amides is 3. The van der Waals surface area contributed by atoms with Crippen LogP contribution in [0.15, 0.2) is 48.5 Å². The van der Waals surface area contributed by atoms with Gasteiger partial charge in [-0.2, -0.15) is 0 Å². The van der Waals surface area contributed by atoms with E-state index < -0.39 is 0 Å². The van der Waals surface area contributed by atoms with Crippen molar-refractivity contribution in [2.75, 3.05) is 30.3 Å². The highest BCUT2D eigenvalue weighted by molar-refractivity contribution is 6.30. The van der Waals surface area contributed by atoms with Crippen LogP contribution < -0.4 is 15.4 Å². The van der Waals surface area contributed by atoms with Gasteiger partial charge in [0.1, 0.15) is 5.75 Å². The summed E-state index contributed by atoms with van der Waals surface area (Å²) in [5.74, 6) is 0.191. The van der Waals surface area contributed by atoms with Crippen LogP contribution in [0, 0.1) is 0 Å². The zero-order valence-corrected chi connectivity index (χ0v) is 15.0. The van der Waals surface area contributed by atoms with Crippen molar-refractivity contribution in [1.82, 2.24) is 4.90 Å². The summed E-state index contributed by atoms with van der Waals surface area (Å²) in [7, 11) is 0. The maximum atomic E-state index is 12.3. The van der Waals surface area contributed by atoms with Crippen LogP contribution in [0.25, 0.3) is 0 Å². The quantitative estimate of drug-likeness (QED) is 0.832. The highest BCUT2D eigenvalue weighted by Crippen LogP contribution is 2.22. The molecule has 7 heteroatoms. The Balaban J connectivity index is 1.58. The monoisotopic (exact) mass is 373 g/mol. The Kier molecular flexibility index (Phi) is 5.96. The first-order valence-corrected chi connectivity index (χ1v) is 8.83. The first kappa shape index (κ1) is 18.1. The summed E-state index contributed by atoms with van der Waals surface area (Å²) in [6.45, 7) is 1.36. The molecular weight excluding hydrogens is 354 g/mol. The zero-order chi connectivity index (χ0) is 18.4. The van der Waals surface area contributed by atoms with E-state index in [2.05, 4.69) is 10.6 Å². The summed E-state index contributed by atoms with van der Waals surface area (Å²) in [5.41, 5.74) is 1.08. The second kappa shape index (κ2) is 8.58. The molecule has 0 spiro atoms. The molecule has 0 unspecified atom stereocenters. The van der Waals surface area contributed by atoms with Gasteiger partial charge in [-0.15, -0.1) is 0 Å². The first-order chi connectivity index (χ1) is 12.6. The van der Waals surface area contributed by atoms with Crippen LogP contribution in [-0.4, -0.2) is 36.5 Å². The molecule has 1 heterocycles. The van der Waals surface area contributed by atoms with E-state index in [1.807, 2.05) is 0 Å². The number of carbonyl (C=O) groups is 2. The van der Waals surface area contributed by atoms with Gasteiger partial charge in [0.2, 0.25) is 0 Å². The third-order valence-corrected chi connectivity index (χ3v) is 4.24. The van der Waals surface area contributed by atoms with Crippen molar-refractivity contribution in [1.29, 1.82) is 0 Å². The Morgan fingerprint density at radius 3 is 2.38 bits per heavy atom. The van der Waals surface area contributed by atoms with E-state index in [4.69, 9.17) is 16.3 Å². The number of rotatable bonds is 5. The average molecular weight is 374 g/mol. The highest BCUT2D eigenvalue weighted by atomic mass is 35.5. The molecule has 0 atom stereocenters. The lowest BCUT2D eigenvalue weighted by Gasteiger charge is -2.18. The fraction of sp³-hybridized carbons (Fsp3) is 0.263. The molecule has 1 aliphatic rings. The van der Waals surface area contributed by atoms with Gasteiger partial charge in [0, 0.05) is 18.1 Å². The number of likely N-dealkylation sites (tertiary alicyclic amines) is 1. The van der Waals surface area contributed by atoms with Crippen LogP contribution >= 0.6 is 11.6 Å². The minimum absolute atomic E-state index is 0.153. The molecule has 3 rings (SSSR count). The van der Waals surface area contributed by atoms with Gasteiger partial charge in [-0.05, 0) is 43.2 Å². The van der Waals surface area contributed by atoms with Gasteiger partial charge in [-0.25, -0.2) is 4.79 Å². The minimum Gasteiger partial charge on any atom is -0.484 e. The summed E-state index contributed by atoms with van der Waals surface area (Å²) in [5, 5.41) is 6.15. The van der Waals surface area contributed by atoms with Crippen molar-refractivity contribution in [2.24, 2.45) is 0 Å². The average Bonchev–Trinajstić information content (AvgIpc) is 3.17. The van der Waals surface area contributed by atoms with Crippen LogP contribution in [0.2, 0.25) is 5.02 Å². The van der Waals surface area contributed by atoms with Crippen molar-refractivity contribution < 1.29 is 14.3 Å². The van der Waals surface area contributed by atoms with Gasteiger partial charge >= 0.3 is 6.03 Å².